The lowest BCUT2D eigenvalue weighted by Crippen LogP contribution is -2.59. The largest absolute Gasteiger partial charge is 0.390 e. The van der Waals surface area contributed by atoms with Gasteiger partial charge in [0.05, 0.1) is 18.6 Å². The molecule has 1 aromatic carbocycles. The molecule has 0 radical (unpaired) electrons. The molecule has 0 saturated carbocycles. The van der Waals surface area contributed by atoms with Crippen molar-refractivity contribution in [2.75, 3.05) is 37.7 Å². The van der Waals surface area contributed by atoms with Crippen LogP contribution in [0.4, 0.5) is 18.9 Å². The number of piperidine rings is 1. The molecule has 4 nitrogen and oxygen atoms in total. The molecule has 24 heavy (non-hydrogen) atoms. The molecule has 0 bridgehead atoms. The van der Waals surface area contributed by atoms with Crippen molar-refractivity contribution in [3.63, 3.8) is 0 Å². The number of ether oxygens (including phenoxy) is 1. The van der Waals surface area contributed by atoms with Crippen molar-refractivity contribution in [3.05, 3.63) is 30.3 Å². The molecule has 7 heteroatoms. The number of anilines is 1. The standard InChI is InChI=1S/C17H21F3N2O2/c18-17(19,20)8-11-21-9-6-16(7-10-21)13-22(15(23)12-24-16)14-4-2-1-3-5-14/h1-5H,6-13H2. The molecule has 132 valence electrons. The Labute approximate surface area is 139 Å². The normalized spacial score (nSPS) is 22.1. The Morgan fingerprint density at radius 1 is 1.12 bits per heavy atom. The molecule has 2 aliphatic heterocycles. The fraction of sp³-hybridized carbons (Fsp3) is 0.588. The second kappa shape index (κ2) is 6.72. The zero-order chi connectivity index (χ0) is 17.2. The maximum atomic E-state index is 12.3. The summed E-state index contributed by atoms with van der Waals surface area (Å²) in [7, 11) is 0. The summed E-state index contributed by atoms with van der Waals surface area (Å²) in [6.45, 7) is 1.64. The average Bonchev–Trinajstić information content (AvgIpc) is 2.57. The molecular weight excluding hydrogens is 321 g/mol. The minimum atomic E-state index is -4.12. The predicted molar refractivity (Wildman–Crippen MR) is 83.8 cm³/mol. The second-order valence-electron chi connectivity index (χ2n) is 6.49. The Bertz CT molecular complexity index is 569. The molecule has 2 aliphatic rings. The lowest BCUT2D eigenvalue weighted by Gasteiger charge is -2.47. The lowest BCUT2D eigenvalue weighted by atomic mass is 9.89. The first kappa shape index (κ1) is 17.2. The smallest absolute Gasteiger partial charge is 0.363 e. The van der Waals surface area contributed by atoms with Crippen molar-refractivity contribution in [3.8, 4) is 0 Å². The Balaban J connectivity index is 1.60. The SMILES string of the molecule is O=C1COC2(CCN(CCC(F)(F)F)CC2)CN1c1ccccc1. The fourth-order valence-electron chi connectivity index (χ4n) is 3.33. The van der Waals surface area contributed by atoms with E-state index in [1.54, 1.807) is 4.90 Å². The van der Waals surface area contributed by atoms with Crippen LogP contribution in [0.25, 0.3) is 0 Å². The van der Waals surface area contributed by atoms with E-state index in [4.69, 9.17) is 4.74 Å². The molecule has 0 aliphatic carbocycles. The first-order valence-corrected chi connectivity index (χ1v) is 8.15. The van der Waals surface area contributed by atoms with Crippen LogP contribution in [0.2, 0.25) is 0 Å². The molecule has 2 saturated heterocycles. The van der Waals surface area contributed by atoms with Gasteiger partial charge in [0.2, 0.25) is 0 Å². The first-order valence-electron chi connectivity index (χ1n) is 8.15. The van der Waals surface area contributed by atoms with Crippen LogP contribution in [0, 0.1) is 0 Å². The highest BCUT2D eigenvalue weighted by Gasteiger charge is 2.43. The fourth-order valence-corrected chi connectivity index (χ4v) is 3.33. The van der Waals surface area contributed by atoms with Crippen LogP contribution < -0.4 is 4.90 Å². The van der Waals surface area contributed by atoms with E-state index < -0.39 is 18.2 Å². The highest BCUT2D eigenvalue weighted by molar-refractivity contribution is 5.95. The summed E-state index contributed by atoms with van der Waals surface area (Å²) in [6.07, 6.45) is -3.62. The number of para-hydroxylation sites is 1. The Hall–Kier alpha value is -1.60. The monoisotopic (exact) mass is 342 g/mol. The number of amides is 1. The van der Waals surface area contributed by atoms with Crippen molar-refractivity contribution in [1.82, 2.24) is 4.90 Å². The van der Waals surface area contributed by atoms with Gasteiger partial charge in [-0.25, -0.2) is 0 Å². The van der Waals surface area contributed by atoms with Gasteiger partial charge in [-0.05, 0) is 25.0 Å². The summed E-state index contributed by atoms with van der Waals surface area (Å²) in [5, 5.41) is 0. The quantitative estimate of drug-likeness (QED) is 0.847. The highest BCUT2D eigenvalue weighted by atomic mass is 19.4. The average molecular weight is 342 g/mol. The van der Waals surface area contributed by atoms with Crippen LogP contribution in [0.3, 0.4) is 0 Å². The third kappa shape index (κ3) is 4.08. The molecule has 1 aromatic rings. The van der Waals surface area contributed by atoms with Gasteiger partial charge in [0.25, 0.3) is 5.91 Å². The summed E-state index contributed by atoms with van der Waals surface area (Å²) in [6, 6.07) is 9.42. The molecule has 0 atom stereocenters. The van der Waals surface area contributed by atoms with Gasteiger partial charge >= 0.3 is 6.18 Å². The van der Waals surface area contributed by atoms with E-state index in [9.17, 15) is 18.0 Å². The summed E-state index contributed by atoms with van der Waals surface area (Å²) < 4.78 is 42.9. The van der Waals surface area contributed by atoms with Crippen LogP contribution in [0.15, 0.2) is 30.3 Å². The number of likely N-dealkylation sites (tertiary alicyclic amines) is 1. The third-order valence-corrected chi connectivity index (χ3v) is 4.80. The Kier molecular flexibility index (Phi) is 4.83. The number of benzene rings is 1. The highest BCUT2D eigenvalue weighted by Crippen LogP contribution is 2.33. The number of hydrogen-bond donors (Lipinski definition) is 0. The number of alkyl halides is 3. The minimum absolute atomic E-state index is 0.0252. The summed E-state index contributed by atoms with van der Waals surface area (Å²) in [5.74, 6) is -0.0775. The number of halogens is 3. The number of hydrogen-bond acceptors (Lipinski definition) is 3. The predicted octanol–water partition coefficient (Wildman–Crippen LogP) is 2.84. The number of carbonyl (C=O) groups is 1. The maximum Gasteiger partial charge on any atom is 0.390 e. The zero-order valence-electron chi connectivity index (χ0n) is 13.4. The van der Waals surface area contributed by atoms with Gasteiger partial charge in [-0.3, -0.25) is 4.79 Å². The van der Waals surface area contributed by atoms with Gasteiger partial charge in [0.15, 0.2) is 0 Å². The first-order chi connectivity index (χ1) is 11.4. The van der Waals surface area contributed by atoms with Gasteiger partial charge in [-0.2, -0.15) is 13.2 Å². The molecule has 2 fully saturated rings. The molecule has 2 heterocycles. The van der Waals surface area contributed by atoms with Crippen molar-refractivity contribution in [2.45, 2.75) is 31.0 Å². The van der Waals surface area contributed by atoms with E-state index in [1.807, 2.05) is 35.2 Å². The van der Waals surface area contributed by atoms with E-state index in [1.165, 1.54) is 0 Å². The zero-order valence-corrected chi connectivity index (χ0v) is 13.4. The number of rotatable bonds is 3. The van der Waals surface area contributed by atoms with Crippen LogP contribution in [0.1, 0.15) is 19.3 Å². The maximum absolute atomic E-state index is 12.3. The molecule has 0 unspecified atom stereocenters. The molecule has 1 spiro atoms. The van der Waals surface area contributed by atoms with Gasteiger partial charge in [0, 0.05) is 25.3 Å². The van der Waals surface area contributed by atoms with Gasteiger partial charge in [0.1, 0.15) is 6.61 Å². The minimum Gasteiger partial charge on any atom is -0.363 e. The molecular formula is C17H21F3N2O2. The summed E-state index contributed by atoms with van der Waals surface area (Å²) in [5.41, 5.74) is 0.392. The van der Waals surface area contributed by atoms with Gasteiger partial charge in [-0.15, -0.1) is 0 Å². The lowest BCUT2D eigenvalue weighted by molar-refractivity contribution is -0.150. The van der Waals surface area contributed by atoms with Crippen molar-refractivity contribution < 1.29 is 22.7 Å². The second-order valence-corrected chi connectivity index (χ2v) is 6.49. The Morgan fingerprint density at radius 2 is 1.79 bits per heavy atom. The van der Waals surface area contributed by atoms with Crippen LogP contribution in [0.5, 0.6) is 0 Å². The van der Waals surface area contributed by atoms with E-state index in [-0.39, 0.29) is 19.1 Å². The summed E-state index contributed by atoms with van der Waals surface area (Å²) >= 11 is 0. The van der Waals surface area contributed by atoms with Crippen molar-refractivity contribution in [1.29, 1.82) is 0 Å². The van der Waals surface area contributed by atoms with E-state index in [0.29, 0.717) is 32.5 Å². The van der Waals surface area contributed by atoms with Gasteiger partial charge < -0.3 is 14.5 Å². The summed E-state index contributed by atoms with van der Waals surface area (Å²) in [4.78, 5) is 15.7. The molecule has 0 aromatic heterocycles. The number of morpholine rings is 1. The molecule has 1 amide bonds. The Morgan fingerprint density at radius 3 is 2.42 bits per heavy atom. The molecule has 3 rings (SSSR count). The van der Waals surface area contributed by atoms with Crippen LogP contribution in [-0.4, -0.2) is 55.4 Å². The van der Waals surface area contributed by atoms with Crippen molar-refractivity contribution >= 4 is 11.6 Å². The van der Waals surface area contributed by atoms with E-state index >= 15 is 0 Å². The number of nitrogens with zero attached hydrogens (tertiary/aromatic N) is 2. The van der Waals surface area contributed by atoms with E-state index in [0.717, 1.165) is 5.69 Å². The van der Waals surface area contributed by atoms with Crippen LogP contribution in [-0.2, 0) is 9.53 Å². The van der Waals surface area contributed by atoms with Crippen LogP contribution >= 0.6 is 0 Å². The van der Waals surface area contributed by atoms with Gasteiger partial charge in [-0.1, -0.05) is 18.2 Å². The number of carbonyl (C=O) groups excluding carboxylic acids is 1. The van der Waals surface area contributed by atoms with Crippen molar-refractivity contribution in [2.24, 2.45) is 0 Å². The molecule has 0 N–H and O–H groups in total. The van der Waals surface area contributed by atoms with E-state index in [2.05, 4.69) is 0 Å². The topological polar surface area (TPSA) is 32.8 Å². The third-order valence-electron chi connectivity index (χ3n) is 4.80.